The summed E-state index contributed by atoms with van der Waals surface area (Å²) >= 11 is 0. The van der Waals surface area contributed by atoms with E-state index in [0.29, 0.717) is 25.9 Å². The number of hydrogen-bond acceptors (Lipinski definition) is 4. The second-order valence-electron chi connectivity index (χ2n) is 5.56. The molecule has 18 heavy (non-hydrogen) atoms. The highest BCUT2D eigenvalue weighted by Gasteiger charge is 2.45. The Balaban J connectivity index is 2.86. The summed E-state index contributed by atoms with van der Waals surface area (Å²) in [6.45, 7) is 7.44. The van der Waals surface area contributed by atoms with E-state index in [2.05, 4.69) is 0 Å². The maximum atomic E-state index is 12.0. The minimum absolute atomic E-state index is 0.0320. The van der Waals surface area contributed by atoms with Crippen molar-refractivity contribution in [3.8, 4) is 0 Å². The molecule has 1 fully saturated rings. The van der Waals surface area contributed by atoms with Crippen molar-refractivity contribution in [3.63, 3.8) is 0 Å². The summed E-state index contributed by atoms with van der Waals surface area (Å²) in [5.41, 5.74) is -0.695. The first-order valence-electron chi connectivity index (χ1n) is 6.55. The Hall–Kier alpha value is -1.19. The zero-order valence-corrected chi connectivity index (χ0v) is 11.6. The van der Waals surface area contributed by atoms with Gasteiger partial charge in [-0.05, 0) is 26.7 Å². The van der Waals surface area contributed by atoms with Crippen molar-refractivity contribution in [3.05, 3.63) is 0 Å². The molecular formula is C14H22O4. The molecule has 1 rings (SSSR count). The molecule has 0 saturated heterocycles. The third-order valence-electron chi connectivity index (χ3n) is 3.65. The largest absolute Gasteiger partial charge is 0.466 e. The SMILES string of the molecule is CCOC(=O)C1(C)CCC(=O)C(C(=O)C(C)C)C1. The highest BCUT2D eigenvalue weighted by molar-refractivity contribution is 6.04. The molecule has 102 valence electrons. The number of Topliss-reactive ketones (excluding diaryl/α,β-unsaturated/α-hetero) is 2. The number of hydrogen-bond donors (Lipinski definition) is 0. The first-order valence-corrected chi connectivity index (χ1v) is 6.55. The van der Waals surface area contributed by atoms with E-state index in [9.17, 15) is 14.4 Å². The first kappa shape index (κ1) is 14.9. The Morgan fingerprint density at radius 2 is 2.06 bits per heavy atom. The molecule has 0 amide bonds. The molecule has 0 aromatic rings. The quantitative estimate of drug-likeness (QED) is 0.569. The molecule has 0 aromatic carbocycles. The second kappa shape index (κ2) is 5.63. The van der Waals surface area contributed by atoms with Gasteiger partial charge in [0.05, 0.1) is 17.9 Å². The van der Waals surface area contributed by atoms with E-state index in [4.69, 9.17) is 4.74 Å². The lowest BCUT2D eigenvalue weighted by molar-refractivity contribution is -0.159. The maximum Gasteiger partial charge on any atom is 0.311 e. The minimum atomic E-state index is -0.695. The molecule has 0 spiro atoms. The fourth-order valence-corrected chi connectivity index (χ4v) is 2.39. The summed E-state index contributed by atoms with van der Waals surface area (Å²) in [7, 11) is 0. The zero-order chi connectivity index (χ0) is 13.9. The summed E-state index contributed by atoms with van der Waals surface area (Å²) in [5, 5.41) is 0. The summed E-state index contributed by atoms with van der Waals surface area (Å²) in [5.74, 6) is -1.19. The van der Waals surface area contributed by atoms with E-state index < -0.39 is 11.3 Å². The number of carbonyl (C=O) groups is 3. The molecule has 4 nitrogen and oxygen atoms in total. The maximum absolute atomic E-state index is 12.0. The molecule has 0 radical (unpaired) electrons. The summed E-state index contributed by atoms with van der Waals surface area (Å²) in [4.78, 5) is 35.8. The van der Waals surface area contributed by atoms with Gasteiger partial charge in [0.1, 0.15) is 11.6 Å². The van der Waals surface area contributed by atoms with Crippen molar-refractivity contribution >= 4 is 17.5 Å². The molecule has 4 heteroatoms. The van der Waals surface area contributed by atoms with Gasteiger partial charge in [0, 0.05) is 12.3 Å². The molecule has 0 heterocycles. The van der Waals surface area contributed by atoms with E-state index in [-0.39, 0.29) is 23.5 Å². The number of esters is 1. The van der Waals surface area contributed by atoms with Crippen LogP contribution in [-0.4, -0.2) is 24.1 Å². The van der Waals surface area contributed by atoms with Crippen molar-refractivity contribution in [2.45, 2.75) is 47.0 Å². The molecule has 0 aliphatic heterocycles. The second-order valence-corrected chi connectivity index (χ2v) is 5.56. The van der Waals surface area contributed by atoms with Gasteiger partial charge in [-0.25, -0.2) is 0 Å². The Morgan fingerprint density at radius 3 is 2.56 bits per heavy atom. The normalized spacial score (nSPS) is 28.3. The monoisotopic (exact) mass is 254 g/mol. The lowest BCUT2D eigenvalue weighted by atomic mass is 9.68. The van der Waals surface area contributed by atoms with Crippen LogP contribution in [0.5, 0.6) is 0 Å². The van der Waals surface area contributed by atoms with E-state index in [1.165, 1.54) is 0 Å². The zero-order valence-electron chi connectivity index (χ0n) is 11.6. The molecule has 0 N–H and O–H groups in total. The first-order chi connectivity index (χ1) is 8.31. The van der Waals surface area contributed by atoms with E-state index in [1.54, 1.807) is 27.7 Å². The van der Waals surface area contributed by atoms with Gasteiger partial charge in [-0.2, -0.15) is 0 Å². The van der Waals surface area contributed by atoms with Crippen molar-refractivity contribution < 1.29 is 19.1 Å². The van der Waals surface area contributed by atoms with Crippen molar-refractivity contribution in [1.82, 2.24) is 0 Å². The lowest BCUT2D eigenvalue weighted by Gasteiger charge is -2.35. The Kier molecular flexibility index (Phi) is 4.65. The van der Waals surface area contributed by atoms with Crippen LogP contribution >= 0.6 is 0 Å². The number of ketones is 2. The third-order valence-corrected chi connectivity index (χ3v) is 3.65. The Bertz CT molecular complexity index is 359. The topological polar surface area (TPSA) is 60.4 Å². The molecule has 2 atom stereocenters. The van der Waals surface area contributed by atoms with Crippen molar-refractivity contribution in [2.75, 3.05) is 6.61 Å². The van der Waals surface area contributed by atoms with Gasteiger partial charge in [0.15, 0.2) is 0 Å². The van der Waals surface area contributed by atoms with Crippen LogP contribution in [0.1, 0.15) is 47.0 Å². The fraction of sp³-hybridized carbons (Fsp3) is 0.786. The summed E-state index contributed by atoms with van der Waals surface area (Å²) < 4.78 is 5.05. The van der Waals surface area contributed by atoms with Crippen LogP contribution in [-0.2, 0) is 19.1 Å². The number of ether oxygens (including phenoxy) is 1. The average molecular weight is 254 g/mol. The van der Waals surface area contributed by atoms with Crippen molar-refractivity contribution in [1.29, 1.82) is 0 Å². The van der Waals surface area contributed by atoms with Gasteiger partial charge in [-0.3, -0.25) is 14.4 Å². The molecule has 1 aliphatic rings. The molecule has 2 unspecified atom stereocenters. The highest BCUT2D eigenvalue weighted by Crippen LogP contribution is 2.39. The lowest BCUT2D eigenvalue weighted by Crippen LogP contribution is -2.42. The Morgan fingerprint density at radius 1 is 1.44 bits per heavy atom. The predicted octanol–water partition coefficient (Wildman–Crippen LogP) is 2.15. The van der Waals surface area contributed by atoms with Gasteiger partial charge in [-0.1, -0.05) is 13.8 Å². The summed E-state index contributed by atoms with van der Waals surface area (Å²) in [6, 6.07) is 0. The molecule has 0 bridgehead atoms. The van der Waals surface area contributed by atoms with E-state index >= 15 is 0 Å². The van der Waals surface area contributed by atoms with Crippen LogP contribution in [0.2, 0.25) is 0 Å². The third kappa shape index (κ3) is 2.98. The van der Waals surface area contributed by atoms with Crippen molar-refractivity contribution in [2.24, 2.45) is 17.3 Å². The fourth-order valence-electron chi connectivity index (χ4n) is 2.39. The van der Waals surface area contributed by atoms with Crippen LogP contribution in [0.15, 0.2) is 0 Å². The molecule has 0 aromatic heterocycles. The van der Waals surface area contributed by atoms with E-state index in [0.717, 1.165) is 0 Å². The van der Waals surface area contributed by atoms with Crippen LogP contribution in [0, 0.1) is 17.3 Å². The standard InChI is InChI=1S/C14H22O4/c1-5-18-13(17)14(4)7-6-11(15)10(8-14)12(16)9(2)3/h9-10H,5-8H2,1-4H3. The van der Waals surface area contributed by atoms with Crippen LogP contribution < -0.4 is 0 Å². The number of rotatable bonds is 4. The highest BCUT2D eigenvalue weighted by atomic mass is 16.5. The average Bonchev–Trinajstić information content (AvgIpc) is 2.31. The van der Waals surface area contributed by atoms with Crippen LogP contribution in [0.3, 0.4) is 0 Å². The molecule has 1 saturated carbocycles. The minimum Gasteiger partial charge on any atom is -0.466 e. The van der Waals surface area contributed by atoms with Gasteiger partial charge < -0.3 is 4.74 Å². The van der Waals surface area contributed by atoms with Gasteiger partial charge in [0.25, 0.3) is 0 Å². The van der Waals surface area contributed by atoms with Gasteiger partial charge >= 0.3 is 5.97 Å². The Labute approximate surface area is 108 Å². The molecular weight excluding hydrogens is 232 g/mol. The predicted molar refractivity (Wildman–Crippen MR) is 66.9 cm³/mol. The van der Waals surface area contributed by atoms with Gasteiger partial charge in [-0.15, -0.1) is 0 Å². The van der Waals surface area contributed by atoms with Gasteiger partial charge in [0.2, 0.25) is 0 Å². The smallest absolute Gasteiger partial charge is 0.311 e. The number of carbonyl (C=O) groups excluding carboxylic acids is 3. The van der Waals surface area contributed by atoms with Crippen LogP contribution in [0.25, 0.3) is 0 Å². The van der Waals surface area contributed by atoms with E-state index in [1.807, 2.05) is 0 Å². The van der Waals surface area contributed by atoms with Crippen LogP contribution in [0.4, 0.5) is 0 Å². The molecule has 1 aliphatic carbocycles. The summed E-state index contributed by atoms with van der Waals surface area (Å²) in [6.07, 6.45) is 1.06.